The van der Waals surface area contributed by atoms with Gasteiger partial charge in [0.2, 0.25) is 11.0 Å². The minimum atomic E-state index is -0.143. The predicted molar refractivity (Wildman–Crippen MR) is 108 cm³/mol. The zero-order chi connectivity index (χ0) is 19.0. The Hall–Kier alpha value is -2.97. The Kier molecular flexibility index (Phi) is 4.51. The van der Waals surface area contributed by atoms with Gasteiger partial charge in [-0.3, -0.25) is 9.89 Å². The molecular weight excluding hydrogens is 384 g/mol. The number of rotatable bonds is 4. The van der Waals surface area contributed by atoms with Gasteiger partial charge in [0, 0.05) is 23.6 Å². The van der Waals surface area contributed by atoms with Crippen molar-refractivity contribution in [3.63, 3.8) is 0 Å². The molecule has 0 atom stereocenters. The molecule has 27 heavy (non-hydrogen) atoms. The number of halogens is 1. The van der Waals surface area contributed by atoms with Crippen LogP contribution < -0.4 is 10.6 Å². The van der Waals surface area contributed by atoms with Gasteiger partial charge in [-0.1, -0.05) is 22.9 Å². The number of aromatic amines is 1. The Labute approximate surface area is 163 Å². The number of amides is 1. The number of carbonyl (C=O) groups excluding carboxylic acids is 1. The van der Waals surface area contributed by atoms with E-state index in [0.717, 1.165) is 27.7 Å². The molecule has 0 fully saturated rings. The zero-order valence-electron chi connectivity index (χ0n) is 14.2. The number of nitrogens with one attached hydrogen (secondary N) is 3. The second kappa shape index (κ2) is 6.98. The molecule has 7 nitrogen and oxygen atoms in total. The number of hydrogen-bond acceptors (Lipinski definition) is 6. The number of benzene rings is 2. The van der Waals surface area contributed by atoms with Crippen molar-refractivity contribution in [2.24, 2.45) is 0 Å². The van der Waals surface area contributed by atoms with Gasteiger partial charge in [0.25, 0.3) is 0 Å². The molecule has 0 spiro atoms. The van der Waals surface area contributed by atoms with Gasteiger partial charge in [-0.25, -0.2) is 0 Å². The quantitative estimate of drug-likeness (QED) is 0.467. The fourth-order valence-electron chi connectivity index (χ4n) is 2.68. The molecule has 4 aromatic rings. The van der Waals surface area contributed by atoms with Crippen molar-refractivity contribution in [3.8, 4) is 10.6 Å². The lowest BCUT2D eigenvalue weighted by Gasteiger charge is -2.06. The maximum Gasteiger partial charge on any atom is 0.221 e. The van der Waals surface area contributed by atoms with Crippen molar-refractivity contribution >= 4 is 56.3 Å². The fraction of sp³-hybridized carbons (Fsp3) is 0.0556. The first-order valence-corrected chi connectivity index (χ1v) is 9.16. The van der Waals surface area contributed by atoms with E-state index in [1.165, 1.54) is 18.3 Å². The first kappa shape index (κ1) is 17.4. The van der Waals surface area contributed by atoms with Crippen LogP contribution in [0.5, 0.6) is 0 Å². The molecule has 0 unspecified atom stereocenters. The standard InChI is InChI=1S/C18H14ClN6OS/c1-9-5-11(7-12(6-9)21-10(2)26)17-24-25-18(27-17)22-15-4-3-14-13(16(15)19)8-20-23-14/h3-8H,1H2,2H3,(H,20,23)(H,21,26)(H,22,25). The second-order valence-electron chi connectivity index (χ2n) is 5.90. The molecule has 1 amide bonds. The molecular formula is C18H14ClN6OS. The van der Waals surface area contributed by atoms with Crippen molar-refractivity contribution in [3.05, 3.63) is 54.0 Å². The lowest BCUT2D eigenvalue weighted by molar-refractivity contribution is -0.114. The molecule has 4 rings (SSSR count). The van der Waals surface area contributed by atoms with Crippen molar-refractivity contribution in [1.29, 1.82) is 0 Å². The van der Waals surface area contributed by atoms with Crippen molar-refractivity contribution in [2.75, 3.05) is 10.6 Å². The van der Waals surface area contributed by atoms with E-state index in [-0.39, 0.29) is 5.91 Å². The van der Waals surface area contributed by atoms with E-state index in [1.54, 1.807) is 12.3 Å². The third kappa shape index (κ3) is 3.62. The summed E-state index contributed by atoms with van der Waals surface area (Å²) in [5.41, 5.74) is 3.85. The highest BCUT2D eigenvalue weighted by atomic mass is 35.5. The summed E-state index contributed by atoms with van der Waals surface area (Å²) in [6.45, 7) is 5.41. The summed E-state index contributed by atoms with van der Waals surface area (Å²) in [6, 6.07) is 9.27. The summed E-state index contributed by atoms with van der Waals surface area (Å²) < 4.78 is 0. The largest absolute Gasteiger partial charge is 0.329 e. The van der Waals surface area contributed by atoms with E-state index < -0.39 is 0 Å². The Morgan fingerprint density at radius 3 is 2.93 bits per heavy atom. The number of H-pyrrole nitrogens is 1. The first-order valence-electron chi connectivity index (χ1n) is 7.97. The summed E-state index contributed by atoms with van der Waals surface area (Å²) in [7, 11) is 0. The smallest absolute Gasteiger partial charge is 0.221 e. The van der Waals surface area contributed by atoms with Crippen molar-refractivity contribution in [2.45, 2.75) is 6.92 Å². The molecule has 135 valence electrons. The van der Waals surface area contributed by atoms with Gasteiger partial charge >= 0.3 is 0 Å². The second-order valence-corrected chi connectivity index (χ2v) is 7.25. The number of nitrogens with zero attached hydrogens (tertiary/aromatic N) is 3. The third-order valence-electron chi connectivity index (χ3n) is 3.79. The van der Waals surface area contributed by atoms with Gasteiger partial charge in [0.15, 0.2) is 0 Å². The highest BCUT2D eigenvalue weighted by molar-refractivity contribution is 7.18. The van der Waals surface area contributed by atoms with Gasteiger partial charge in [0.05, 0.1) is 22.4 Å². The van der Waals surface area contributed by atoms with Gasteiger partial charge < -0.3 is 10.6 Å². The molecule has 2 aromatic heterocycles. The third-order valence-corrected chi connectivity index (χ3v) is 5.08. The highest BCUT2D eigenvalue weighted by Gasteiger charge is 2.12. The number of hydrogen-bond donors (Lipinski definition) is 3. The van der Waals surface area contributed by atoms with Crippen LogP contribution in [0.2, 0.25) is 5.02 Å². The SMILES string of the molecule is [CH2]c1cc(NC(C)=O)cc(-c2nnc(Nc3ccc4[nH]ncc4c3Cl)s2)c1. The summed E-state index contributed by atoms with van der Waals surface area (Å²) in [4.78, 5) is 11.3. The lowest BCUT2D eigenvalue weighted by atomic mass is 10.1. The molecule has 0 aliphatic heterocycles. The van der Waals surface area contributed by atoms with Crippen LogP contribution in [-0.2, 0) is 4.79 Å². The number of carbonyl (C=O) groups is 1. The molecule has 0 aliphatic carbocycles. The molecule has 9 heteroatoms. The maximum atomic E-state index is 11.3. The molecule has 2 aromatic carbocycles. The van der Waals surface area contributed by atoms with Crippen molar-refractivity contribution < 1.29 is 4.79 Å². The summed E-state index contributed by atoms with van der Waals surface area (Å²) in [5.74, 6) is -0.143. The summed E-state index contributed by atoms with van der Waals surface area (Å²) in [6.07, 6.45) is 1.68. The Bertz CT molecular complexity index is 1150. The topological polar surface area (TPSA) is 95.6 Å². The van der Waals surface area contributed by atoms with E-state index in [0.29, 0.717) is 20.8 Å². The maximum absolute atomic E-state index is 11.3. The summed E-state index contributed by atoms with van der Waals surface area (Å²) in [5, 5.41) is 23.9. The number of anilines is 3. The molecule has 0 bridgehead atoms. The van der Waals surface area contributed by atoms with Crippen LogP contribution >= 0.6 is 22.9 Å². The molecule has 0 aliphatic rings. The molecule has 0 saturated heterocycles. The monoisotopic (exact) mass is 397 g/mol. The highest BCUT2D eigenvalue weighted by Crippen LogP contribution is 2.35. The molecule has 3 N–H and O–H groups in total. The van der Waals surface area contributed by atoms with Gasteiger partial charge in [-0.15, -0.1) is 10.2 Å². The van der Waals surface area contributed by atoms with Gasteiger partial charge in [-0.05, 0) is 42.8 Å². The van der Waals surface area contributed by atoms with E-state index in [2.05, 4.69) is 38.0 Å². The zero-order valence-corrected chi connectivity index (χ0v) is 15.8. The molecule has 0 saturated carbocycles. The van der Waals surface area contributed by atoms with Crippen LogP contribution in [0.3, 0.4) is 0 Å². The van der Waals surface area contributed by atoms with E-state index in [9.17, 15) is 4.79 Å². The van der Waals surface area contributed by atoms with E-state index in [4.69, 9.17) is 11.6 Å². The Morgan fingerprint density at radius 1 is 1.26 bits per heavy atom. The Morgan fingerprint density at radius 2 is 2.11 bits per heavy atom. The normalized spacial score (nSPS) is 10.9. The van der Waals surface area contributed by atoms with Crippen LogP contribution in [0.1, 0.15) is 12.5 Å². The number of aromatic nitrogens is 4. The van der Waals surface area contributed by atoms with Gasteiger partial charge in [0.1, 0.15) is 5.01 Å². The fourth-order valence-corrected chi connectivity index (χ4v) is 3.68. The summed E-state index contributed by atoms with van der Waals surface area (Å²) >= 11 is 7.81. The van der Waals surface area contributed by atoms with E-state index in [1.807, 2.05) is 24.3 Å². The van der Waals surface area contributed by atoms with Crippen LogP contribution in [-0.4, -0.2) is 26.3 Å². The molecule has 2 heterocycles. The average Bonchev–Trinajstić information content (AvgIpc) is 3.26. The molecule has 1 radical (unpaired) electrons. The van der Waals surface area contributed by atoms with Crippen LogP contribution in [0.4, 0.5) is 16.5 Å². The minimum Gasteiger partial charge on any atom is -0.329 e. The predicted octanol–water partition coefficient (Wildman–Crippen LogP) is 4.62. The minimum absolute atomic E-state index is 0.143. The van der Waals surface area contributed by atoms with E-state index >= 15 is 0 Å². The van der Waals surface area contributed by atoms with Crippen molar-refractivity contribution in [1.82, 2.24) is 20.4 Å². The van der Waals surface area contributed by atoms with Crippen LogP contribution in [0.25, 0.3) is 21.5 Å². The average molecular weight is 398 g/mol. The number of fused-ring (bicyclic) bond motifs is 1. The lowest BCUT2D eigenvalue weighted by Crippen LogP contribution is -2.05. The first-order chi connectivity index (χ1) is 13.0. The van der Waals surface area contributed by atoms with Crippen LogP contribution in [0.15, 0.2) is 36.5 Å². The Balaban J connectivity index is 1.62. The van der Waals surface area contributed by atoms with Gasteiger partial charge in [-0.2, -0.15) is 5.10 Å². The van der Waals surface area contributed by atoms with Crippen LogP contribution in [0, 0.1) is 6.92 Å².